The Morgan fingerprint density at radius 2 is 1.29 bits per heavy atom. The van der Waals surface area contributed by atoms with Crippen molar-refractivity contribution in [2.24, 2.45) is 0 Å². The molecule has 0 saturated carbocycles. The number of rotatable bonds is 0. The van der Waals surface area contributed by atoms with Crippen molar-refractivity contribution in [1.29, 1.82) is 0 Å². The van der Waals surface area contributed by atoms with E-state index in [1.54, 1.807) is 0 Å². The summed E-state index contributed by atoms with van der Waals surface area (Å²) in [5.74, 6) is 0. The van der Waals surface area contributed by atoms with Gasteiger partial charge in [-0.2, -0.15) is 0 Å². The SMILES string of the molecule is CN1CCCC1.CN1CCCNCC1. The van der Waals surface area contributed by atoms with Crippen molar-refractivity contribution >= 4 is 0 Å². The summed E-state index contributed by atoms with van der Waals surface area (Å²) in [6.07, 6.45) is 4.13. The lowest BCUT2D eigenvalue weighted by Crippen LogP contribution is -2.23. The molecule has 2 fully saturated rings. The van der Waals surface area contributed by atoms with Crippen LogP contribution in [0.1, 0.15) is 19.3 Å². The predicted molar refractivity (Wildman–Crippen MR) is 61.7 cm³/mol. The van der Waals surface area contributed by atoms with E-state index in [0.29, 0.717) is 0 Å². The molecule has 2 aliphatic rings. The molecular weight excluding hydrogens is 174 g/mol. The number of nitrogens with one attached hydrogen (secondary N) is 1. The molecule has 0 aliphatic carbocycles. The Labute approximate surface area is 88.5 Å². The zero-order valence-corrected chi connectivity index (χ0v) is 9.76. The molecule has 0 aromatic heterocycles. The van der Waals surface area contributed by atoms with Crippen molar-refractivity contribution in [3.8, 4) is 0 Å². The van der Waals surface area contributed by atoms with E-state index >= 15 is 0 Å². The highest BCUT2D eigenvalue weighted by Crippen LogP contribution is 2.02. The van der Waals surface area contributed by atoms with Crippen molar-refractivity contribution in [1.82, 2.24) is 15.1 Å². The van der Waals surface area contributed by atoms with E-state index in [0.717, 1.165) is 6.54 Å². The summed E-state index contributed by atoms with van der Waals surface area (Å²) in [6, 6.07) is 0. The van der Waals surface area contributed by atoms with Gasteiger partial charge < -0.3 is 15.1 Å². The molecule has 0 aromatic carbocycles. The van der Waals surface area contributed by atoms with Gasteiger partial charge in [0.05, 0.1) is 0 Å². The standard InChI is InChI=1S/C6H14N2.C5H11N/c1-8-5-2-3-7-4-6-8;1-6-4-2-3-5-6/h7H,2-6H2,1H3;2-5H2,1H3. The lowest BCUT2D eigenvalue weighted by Gasteiger charge is -2.09. The van der Waals surface area contributed by atoms with Gasteiger partial charge >= 0.3 is 0 Å². The molecule has 3 nitrogen and oxygen atoms in total. The first-order chi connectivity index (χ1) is 6.79. The molecule has 0 amide bonds. The van der Waals surface area contributed by atoms with Crippen LogP contribution in [0.4, 0.5) is 0 Å². The molecule has 1 N–H and O–H groups in total. The lowest BCUT2D eigenvalue weighted by molar-refractivity contribution is 0.358. The summed E-state index contributed by atoms with van der Waals surface area (Å²) in [4.78, 5) is 4.72. The summed E-state index contributed by atoms with van der Waals surface area (Å²) in [5.41, 5.74) is 0. The fraction of sp³-hybridized carbons (Fsp3) is 1.00. The van der Waals surface area contributed by atoms with Crippen LogP contribution in [0.5, 0.6) is 0 Å². The molecule has 0 spiro atoms. The van der Waals surface area contributed by atoms with E-state index in [2.05, 4.69) is 29.2 Å². The lowest BCUT2D eigenvalue weighted by atomic mass is 10.4. The fourth-order valence-electron chi connectivity index (χ4n) is 1.86. The number of hydrogen-bond acceptors (Lipinski definition) is 3. The van der Waals surface area contributed by atoms with Gasteiger partial charge in [-0.15, -0.1) is 0 Å². The number of nitrogens with zero attached hydrogens (tertiary/aromatic N) is 2. The molecule has 3 heteroatoms. The van der Waals surface area contributed by atoms with Gasteiger partial charge in [-0.1, -0.05) is 0 Å². The van der Waals surface area contributed by atoms with E-state index in [-0.39, 0.29) is 0 Å². The highest BCUT2D eigenvalue weighted by Gasteiger charge is 2.03. The van der Waals surface area contributed by atoms with Crippen LogP contribution in [0, 0.1) is 0 Å². The van der Waals surface area contributed by atoms with Gasteiger partial charge in [-0.05, 0) is 59.5 Å². The van der Waals surface area contributed by atoms with Crippen molar-refractivity contribution in [2.45, 2.75) is 19.3 Å². The van der Waals surface area contributed by atoms with Crippen LogP contribution in [-0.4, -0.2) is 63.2 Å². The highest BCUT2D eigenvalue weighted by molar-refractivity contribution is 4.60. The number of hydrogen-bond donors (Lipinski definition) is 1. The zero-order chi connectivity index (χ0) is 10.2. The van der Waals surface area contributed by atoms with Crippen LogP contribution in [0.2, 0.25) is 0 Å². The maximum Gasteiger partial charge on any atom is 0.0104 e. The molecule has 0 aromatic rings. The third-order valence-corrected chi connectivity index (χ3v) is 2.89. The van der Waals surface area contributed by atoms with Crippen molar-refractivity contribution in [3.05, 3.63) is 0 Å². The normalized spacial score (nSPS) is 25.3. The Hall–Kier alpha value is -0.120. The van der Waals surface area contributed by atoms with Crippen molar-refractivity contribution in [3.63, 3.8) is 0 Å². The second-order valence-electron chi connectivity index (χ2n) is 4.42. The molecule has 2 aliphatic heterocycles. The molecular formula is C11H25N3. The van der Waals surface area contributed by atoms with E-state index in [1.807, 2.05) is 0 Å². The van der Waals surface area contributed by atoms with Crippen molar-refractivity contribution in [2.75, 3.05) is 53.4 Å². The summed E-state index contributed by atoms with van der Waals surface area (Å²) in [7, 11) is 4.35. The largest absolute Gasteiger partial charge is 0.315 e. The van der Waals surface area contributed by atoms with Gasteiger partial charge in [0.2, 0.25) is 0 Å². The minimum Gasteiger partial charge on any atom is -0.315 e. The van der Waals surface area contributed by atoms with Crippen LogP contribution in [0.3, 0.4) is 0 Å². The van der Waals surface area contributed by atoms with Crippen LogP contribution in [-0.2, 0) is 0 Å². The first-order valence-electron chi connectivity index (χ1n) is 5.87. The Kier molecular flexibility index (Phi) is 6.15. The van der Waals surface area contributed by atoms with E-state index in [9.17, 15) is 0 Å². The Morgan fingerprint density at radius 1 is 0.714 bits per heavy atom. The Balaban J connectivity index is 0.000000146. The van der Waals surface area contributed by atoms with Crippen molar-refractivity contribution < 1.29 is 0 Å². The topological polar surface area (TPSA) is 18.5 Å². The van der Waals surface area contributed by atoms with Gasteiger partial charge in [0.25, 0.3) is 0 Å². The van der Waals surface area contributed by atoms with E-state index in [1.165, 1.54) is 52.0 Å². The first kappa shape index (κ1) is 12.0. The maximum absolute atomic E-state index is 3.34. The summed E-state index contributed by atoms with van der Waals surface area (Å²) in [6.45, 7) is 7.47. The number of likely N-dealkylation sites (tertiary alicyclic amines) is 1. The van der Waals surface area contributed by atoms with Gasteiger partial charge in [0.1, 0.15) is 0 Å². The summed E-state index contributed by atoms with van der Waals surface area (Å²) < 4.78 is 0. The molecule has 0 unspecified atom stereocenters. The van der Waals surface area contributed by atoms with Gasteiger partial charge in [0.15, 0.2) is 0 Å². The second-order valence-corrected chi connectivity index (χ2v) is 4.42. The summed E-state index contributed by atoms with van der Waals surface area (Å²) >= 11 is 0. The average Bonchev–Trinajstić information content (AvgIpc) is 2.51. The van der Waals surface area contributed by atoms with Crippen LogP contribution >= 0.6 is 0 Å². The van der Waals surface area contributed by atoms with Gasteiger partial charge in [0, 0.05) is 13.1 Å². The fourth-order valence-corrected chi connectivity index (χ4v) is 1.86. The molecule has 14 heavy (non-hydrogen) atoms. The quantitative estimate of drug-likeness (QED) is 0.617. The molecule has 0 radical (unpaired) electrons. The van der Waals surface area contributed by atoms with Crippen LogP contribution in [0.25, 0.3) is 0 Å². The molecule has 0 atom stereocenters. The molecule has 84 valence electrons. The van der Waals surface area contributed by atoms with E-state index in [4.69, 9.17) is 0 Å². The second kappa shape index (κ2) is 7.21. The average molecular weight is 199 g/mol. The Bertz CT molecular complexity index is 124. The highest BCUT2D eigenvalue weighted by atomic mass is 15.1. The Morgan fingerprint density at radius 3 is 1.86 bits per heavy atom. The monoisotopic (exact) mass is 199 g/mol. The number of likely N-dealkylation sites (N-methyl/N-ethyl adjacent to an activating group) is 1. The maximum atomic E-state index is 3.34. The third kappa shape index (κ3) is 5.58. The van der Waals surface area contributed by atoms with Gasteiger partial charge in [-0.25, -0.2) is 0 Å². The summed E-state index contributed by atoms with van der Waals surface area (Å²) in [5, 5.41) is 3.34. The van der Waals surface area contributed by atoms with E-state index < -0.39 is 0 Å². The first-order valence-corrected chi connectivity index (χ1v) is 5.87. The molecule has 2 saturated heterocycles. The molecule has 2 rings (SSSR count). The third-order valence-electron chi connectivity index (χ3n) is 2.89. The smallest absolute Gasteiger partial charge is 0.0104 e. The van der Waals surface area contributed by atoms with Crippen LogP contribution < -0.4 is 5.32 Å². The minimum atomic E-state index is 1.16. The minimum absolute atomic E-state index is 1.16. The molecule has 2 heterocycles. The molecule has 0 bridgehead atoms. The predicted octanol–water partition coefficient (Wildman–Crippen LogP) is 0.624. The zero-order valence-electron chi connectivity index (χ0n) is 9.76. The van der Waals surface area contributed by atoms with Crippen LogP contribution in [0.15, 0.2) is 0 Å². The van der Waals surface area contributed by atoms with Gasteiger partial charge in [-0.3, -0.25) is 0 Å².